The maximum absolute atomic E-state index is 14.4. The summed E-state index contributed by atoms with van der Waals surface area (Å²) in [5.41, 5.74) is 0.347. The molecule has 2 rings (SSSR count). The van der Waals surface area contributed by atoms with Crippen molar-refractivity contribution in [1.29, 1.82) is 0 Å². The number of benzene rings is 1. The molecule has 4 nitrogen and oxygen atoms in total. The van der Waals surface area contributed by atoms with E-state index in [1.54, 1.807) is 13.8 Å². The molecule has 0 aliphatic carbocycles. The molecule has 0 radical (unpaired) electrons. The van der Waals surface area contributed by atoms with Gasteiger partial charge in [-0.1, -0.05) is 0 Å². The monoisotopic (exact) mass is 294 g/mol. The van der Waals surface area contributed by atoms with Crippen LogP contribution in [0.1, 0.15) is 29.8 Å². The van der Waals surface area contributed by atoms with E-state index in [4.69, 9.17) is 4.74 Å². The number of anilines is 1. The molecule has 0 saturated carbocycles. The summed E-state index contributed by atoms with van der Waals surface area (Å²) in [5, 5.41) is 2.88. The van der Waals surface area contributed by atoms with E-state index in [2.05, 4.69) is 10.3 Å². The number of fused-ring (bicyclic) bond motifs is 1. The predicted octanol–water partition coefficient (Wildman–Crippen LogP) is 3.43. The second kappa shape index (κ2) is 6.03. The van der Waals surface area contributed by atoms with Crippen LogP contribution in [0.3, 0.4) is 0 Å². The van der Waals surface area contributed by atoms with Gasteiger partial charge < -0.3 is 10.1 Å². The fourth-order valence-electron chi connectivity index (χ4n) is 2.15. The fourth-order valence-corrected chi connectivity index (χ4v) is 2.15. The molecular weight excluding hydrogens is 278 g/mol. The standard InChI is InChI=1S/C15H16F2N2O2/c1-4-18-13-9(15(20)21-5-2)7-19-14-10(16)6-8(3)12(17)11(13)14/h6-7H,4-5H2,1-3H3,(H,18,19). The van der Waals surface area contributed by atoms with E-state index in [0.29, 0.717) is 6.54 Å². The van der Waals surface area contributed by atoms with Crippen LogP contribution in [-0.2, 0) is 4.74 Å². The number of halogens is 2. The van der Waals surface area contributed by atoms with Crippen LogP contribution in [0.2, 0.25) is 0 Å². The molecule has 6 heteroatoms. The lowest BCUT2D eigenvalue weighted by Gasteiger charge is -2.14. The molecular formula is C15H16F2N2O2. The number of nitrogens with one attached hydrogen (secondary N) is 1. The fraction of sp³-hybridized carbons (Fsp3) is 0.333. The number of rotatable bonds is 4. The highest BCUT2D eigenvalue weighted by Gasteiger charge is 2.21. The Morgan fingerprint density at radius 1 is 1.38 bits per heavy atom. The van der Waals surface area contributed by atoms with Gasteiger partial charge in [-0.25, -0.2) is 13.6 Å². The van der Waals surface area contributed by atoms with Crippen molar-refractivity contribution in [1.82, 2.24) is 4.98 Å². The van der Waals surface area contributed by atoms with Gasteiger partial charge in [0.25, 0.3) is 0 Å². The lowest BCUT2D eigenvalue weighted by atomic mass is 10.1. The number of carbonyl (C=O) groups excluding carboxylic acids is 1. The summed E-state index contributed by atoms with van der Waals surface area (Å²) in [5.74, 6) is -1.84. The molecule has 112 valence electrons. The third-order valence-corrected chi connectivity index (χ3v) is 3.06. The molecule has 1 heterocycles. The third kappa shape index (κ3) is 2.66. The van der Waals surface area contributed by atoms with Crippen molar-refractivity contribution in [3.63, 3.8) is 0 Å². The van der Waals surface area contributed by atoms with Crippen LogP contribution < -0.4 is 5.32 Å². The van der Waals surface area contributed by atoms with Crippen molar-refractivity contribution in [2.24, 2.45) is 0 Å². The van der Waals surface area contributed by atoms with Crippen molar-refractivity contribution in [3.8, 4) is 0 Å². The average molecular weight is 294 g/mol. The van der Waals surface area contributed by atoms with Gasteiger partial charge in [0.15, 0.2) is 0 Å². The number of esters is 1. The molecule has 1 aromatic carbocycles. The summed E-state index contributed by atoms with van der Waals surface area (Å²) in [7, 11) is 0. The summed E-state index contributed by atoms with van der Waals surface area (Å²) in [6.07, 6.45) is 1.20. The minimum atomic E-state index is -0.626. The van der Waals surface area contributed by atoms with Crippen LogP contribution in [0, 0.1) is 18.6 Å². The van der Waals surface area contributed by atoms with Crippen LogP contribution in [0.15, 0.2) is 12.3 Å². The number of hydrogen-bond donors (Lipinski definition) is 1. The topological polar surface area (TPSA) is 51.2 Å². The van der Waals surface area contributed by atoms with E-state index in [9.17, 15) is 13.6 Å². The van der Waals surface area contributed by atoms with Crippen LogP contribution in [0.5, 0.6) is 0 Å². The van der Waals surface area contributed by atoms with Gasteiger partial charge in [0.2, 0.25) is 0 Å². The number of pyridine rings is 1. The number of nitrogens with zero attached hydrogens (tertiary/aromatic N) is 1. The van der Waals surface area contributed by atoms with Crippen molar-refractivity contribution in [2.45, 2.75) is 20.8 Å². The van der Waals surface area contributed by atoms with Crippen LogP contribution in [0.4, 0.5) is 14.5 Å². The van der Waals surface area contributed by atoms with E-state index in [1.807, 2.05) is 0 Å². The second-order valence-corrected chi connectivity index (χ2v) is 4.51. The minimum Gasteiger partial charge on any atom is -0.462 e. The first-order chi connectivity index (χ1) is 10.0. The predicted molar refractivity (Wildman–Crippen MR) is 76.5 cm³/mol. The molecule has 1 N–H and O–H groups in total. The number of ether oxygens (including phenoxy) is 1. The SMILES string of the molecule is CCNc1c(C(=O)OCC)cnc2c(F)cc(C)c(F)c12. The van der Waals surface area contributed by atoms with Crippen LogP contribution >= 0.6 is 0 Å². The summed E-state index contributed by atoms with van der Waals surface area (Å²) in [6, 6.07) is 1.09. The van der Waals surface area contributed by atoms with Gasteiger partial charge in [-0.05, 0) is 32.4 Å². The molecule has 0 unspecified atom stereocenters. The molecule has 0 aliphatic heterocycles. The van der Waals surface area contributed by atoms with Gasteiger partial charge in [0.1, 0.15) is 22.7 Å². The summed E-state index contributed by atoms with van der Waals surface area (Å²) in [4.78, 5) is 15.8. The summed E-state index contributed by atoms with van der Waals surface area (Å²) in [6.45, 7) is 5.56. The van der Waals surface area contributed by atoms with Gasteiger partial charge in [-0.3, -0.25) is 4.98 Å². The zero-order valence-electron chi connectivity index (χ0n) is 12.1. The highest BCUT2D eigenvalue weighted by Crippen LogP contribution is 2.32. The Labute approximate surface area is 121 Å². The zero-order valence-corrected chi connectivity index (χ0v) is 12.1. The van der Waals surface area contributed by atoms with Gasteiger partial charge >= 0.3 is 5.97 Å². The Morgan fingerprint density at radius 3 is 2.71 bits per heavy atom. The molecule has 0 fully saturated rings. The largest absolute Gasteiger partial charge is 0.462 e. The van der Waals surface area contributed by atoms with Crippen molar-refractivity contribution >= 4 is 22.6 Å². The quantitative estimate of drug-likeness (QED) is 0.878. The van der Waals surface area contributed by atoms with Gasteiger partial charge in [-0.15, -0.1) is 0 Å². The maximum atomic E-state index is 14.4. The average Bonchev–Trinajstić information content (AvgIpc) is 2.45. The van der Waals surface area contributed by atoms with Crippen molar-refractivity contribution in [2.75, 3.05) is 18.5 Å². The van der Waals surface area contributed by atoms with Gasteiger partial charge in [0, 0.05) is 12.7 Å². The molecule has 1 aromatic heterocycles. The first-order valence-electron chi connectivity index (χ1n) is 6.69. The highest BCUT2D eigenvalue weighted by molar-refractivity contribution is 6.05. The summed E-state index contributed by atoms with van der Waals surface area (Å²) < 4.78 is 33.3. The second-order valence-electron chi connectivity index (χ2n) is 4.51. The molecule has 21 heavy (non-hydrogen) atoms. The minimum absolute atomic E-state index is 0.0279. The molecule has 0 saturated heterocycles. The van der Waals surface area contributed by atoms with Crippen LogP contribution in [-0.4, -0.2) is 24.1 Å². The Kier molecular flexibility index (Phi) is 4.35. The van der Waals surface area contributed by atoms with Crippen molar-refractivity contribution < 1.29 is 18.3 Å². The first kappa shape index (κ1) is 15.2. The third-order valence-electron chi connectivity index (χ3n) is 3.06. The number of hydrogen-bond acceptors (Lipinski definition) is 4. The lowest BCUT2D eigenvalue weighted by Crippen LogP contribution is -2.12. The number of aryl methyl sites for hydroxylation is 1. The normalized spacial score (nSPS) is 10.7. The number of aromatic nitrogens is 1. The molecule has 0 bridgehead atoms. The zero-order chi connectivity index (χ0) is 15.6. The van der Waals surface area contributed by atoms with Gasteiger partial charge in [0.05, 0.1) is 17.7 Å². The molecule has 0 atom stereocenters. The molecule has 2 aromatic rings. The molecule has 0 aliphatic rings. The van der Waals surface area contributed by atoms with Gasteiger partial charge in [-0.2, -0.15) is 0 Å². The Hall–Kier alpha value is -2.24. The first-order valence-corrected chi connectivity index (χ1v) is 6.69. The maximum Gasteiger partial charge on any atom is 0.341 e. The Balaban J connectivity index is 2.81. The smallest absolute Gasteiger partial charge is 0.341 e. The van der Waals surface area contributed by atoms with E-state index in [-0.39, 0.29) is 34.3 Å². The molecule has 0 amide bonds. The van der Waals surface area contributed by atoms with E-state index in [1.165, 1.54) is 13.1 Å². The lowest BCUT2D eigenvalue weighted by molar-refractivity contribution is 0.0527. The number of carbonyl (C=O) groups is 1. The van der Waals surface area contributed by atoms with Crippen LogP contribution in [0.25, 0.3) is 10.9 Å². The summed E-state index contributed by atoms with van der Waals surface area (Å²) >= 11 is 0. The van der Waals surface area contributed by atoms with E-state index < -0.39 is 17.6 Å². The highest BCUT2D eigenvalue weighted by atomic mass is 19.1. The van der Waals surface area contributed by atoms with Crippen molar-refractivity contribution in [3.05, 3.63) is 35.0 Å². The van der Waals surface area contributed by atoms with E-state index >= 15 is 0 Å². The Morgan fingerprint density at radius 2 is 2.10 bits per heavy atom. The molecule has 0 spiro atoms. The van der Waals surface area contributed by atoms with E-state index in [0.717, 1.165) is 6.07 Å². The Bertz CT molecular complexity index is 702.